The molecule has 0 fully saturated rings. The zero-order valence-corrected chi connectivity index (χ0v) is 10.2. The third-order valence-electron chi connectivity index (χ3n) is 2.08. The second kappa shape index (κ2) is 5.07. The summed E-state index contributed by atoms with van der Waals surface area (Å²) in [5, 5.41) is 19.9. The van der Waals surface area contributed by atoms with Gasteiger partial charge < -0.3 is 5.11 Å². The van der Waals surface area contributed by atoms with Crippen molar-refractivity contribution in [1.29, 1.82) is 0 Å². The molecule has 0 atom stereocenters. The lowest BCUT2D eigenvalue weighted by Crippen LogP contribution is -2.06. The highest BCUT2D eigenvalue weighted by Gasteiger charge is 2.21. The van der Waals surface area contributed by atoms with Gasteiger partial charge in [-0.1, -0.05) is 21.5 Å². The molecular weight excluding hydrogens is 278 g/mol. The van der Waals surface area contributed by atoms with Crippen molar-refractivity contribution in [3.63, 3.8) is 0 Å². The van der Waals surface area contributed by atoms with Gasteiger partial charge in [0.2, 0.25) is 0 Å². The summed E-state index contributed by atoms with van der Waals surface area (Å²) in [5.74, 6) is -1.07. The summed E-state index contributed by atoms with van der Waals surface area (Å²) in [7, 11) is 0. The van der Waals surface area contributed by atoms with Crippen molar-refractivity contribution in [3.8, 4) is 0 Å². The van der Waals surface area contributed by atoms with Crippen molar-refractivity contribution in [2.45, 2.75) is 18.7 Å². The van der Waals surface area contributed by atoms with Gasteiger partial charge in [0, 0.05) is 16.5 Å². The standard InChI is InChI=1S/C10H10BrNO4/c1-6-2-7(4-9(13)14)10(12(15)16)8(3-6)5-11/h2-3H,4-5H2,1H3,(H,13,14). The highest BCUT2D eigenvalue weighted by atomic mass is 79.9. The summed E-state index contributed by atoms with van der Waals surface area (Å²) in [6.07, 6.45) is -0.335. The Morgan fingerprint density at radius 2 is 2.06 bits per heavy atom. The van der Waals surface area contributed by atoms with Gasteiger partial charge in [-0.15, -0.1) is 0 Å². The van der Waals surface area contributed by atoms with E-state index in [1.807, 2.05) is 0 Å². The summed E-state index contributed by atoms with van der Waals surface area (Å²) in [6, 6.07) is 3.22. The number of alkyl halides is 1. The van der Waals surface area contributed by atoms with Crippen LogP contribution in [0.15, 0.2) is 12.1 Å². The van der Waals surface area contributed by atoms with Crippen molar-refractivity contribution < 1.29 is 14.8 Å². The number of nitro benzene ring substituents is 1. The van der Waals surface area contributed by atoms with E-state index in [0.717, 1.165) is 5.56 Å². The van der Waals surface area contributed by atoms with E-state index in [0.29, 0.717) is 10.9 Å². The predicted molar refractivity (Wildman–Crippen MR) is 61.8 cm³/mol. The highest BCUT2D eigenvalue weighted by Crippen LogP contribution is 2.28. The summed E-state index contributed by atoms with van der Waals surface area (Å²) in [4.78, 5) is 21.0. The molecule has 0 aliphatic heterocycles. The lowest BCUT2D eigenvalue weighted by Gasteiger charge is -2.06. The average Bonchev–Trinajstić information content (AvgIpc) is 2.14. The second-order valence-corrected chi connectivity index (χ2v) is 3.95. The van der Waals surface area contributed by atoms with Gasteiger partial charge in [0.1, 0.15) is 0 Å². The number of rotatable bonds is 4. The van der Waals surface area contributed by atoms with E-state index in [1.165, 1.54) is 0 Å². The summed E-state index contributed by atoms with van der Waals surface area (Å²) in [5.41, 5.74) is 1.45. The number of carboxylic acids is 1. The average molecular weight is 288 g/mol. The van der Waals surface area contributed by atoms with Crippen LogP contribution in [0, 0.1) is 17.0 Å². The van der Waals surface area contributed by atoms with Crippen molar-refractivity contribution in [3.05, 3.63) is 38.9 Å². The summed E-state index contributed by atoms with van der Waals surface area (Å²) in [6.45, 7) is 1.78. The zero-order valence-electron chi connectivity index (χ0n) is 8.57. The monoisotopic (exact) mass is 287 g/mol. The quantitative estimate of drug-likeness (QED) is 0.524. The number of aliphatic carboxylic acids is 1. The van der Waals surface area contributed by atoms with Crippen molar-refractivity contribution in [2.75, 3.05) is 0 Å². The van der Waals surface area contributed by atoms with Crippen LogP contribution in [0.4, 0.5) is 5.69 Å². The molecule has 1 aromatic rings. The van der Waals surface area contributed by atoms with Crippen LogP contribution in [0.1, 0.15) is 16.7 Å². The number of aryl methyl sites for hydroxylation is 1. The maximum atomic E-state index is 10.9. The van der Waals surface area contributed by atoms with Crippen LogP contribution in [0.5, 0.6) is 0 Å². The Labute approximate surface area is 100 Å². The highest BCUT2D eigenvalue weighted by molar-refractivity contribution is 9.08. The third-order valence-corrected chi connectivity index (χ3v) is 2.68. The van der Waals surface area contributed by atoms with Gasteiger partial charge in [-0.25, -0.2) is 0 Å². The van der Waals surface area contributed by atoms with E-state index >= 15 is 0 Å². The van der Waals surface area contributed by atoms with Gasteiger partial charge in [-0.05, 0) is 19.1 Å². The molecule has 0 bridgehead atoms. The molecular formula is C10H10BrNO4. The maximum absolute atomic E-state index is 10.9. The fraction of sp³-hybridized carbons (Fsp3) is 0.300. The van der Waals surface area contributed by atoms with Gasteiger partial charge in [0.05, 0.1) is 11.3 Å². The number of hydrogen-bond acceptors (Lipinski definition) is 3. The Kier molecular flexibility index (Phi) is 4.00. The Balaban J connectivity index is 3.37. The minimum absolute atomic E-state index is 0.107. The molecule has 6 heteroatoms. The van der Waals surface area contributed by atoms with Crippen LogP contribution >= 0.6 is 15.9 Å². The lowest BCUT2D eigenvalue weighted by molar-refractivity contribution is -0.386. The van der Waals surface area contributed by atoms with E-state index in [9.17, 15) is 14.9 Å². The maximum Gasteiger partial charge on any atom is 0.308 e. The van der Waals surface area contributed by atoms with E-state index in [-0.39, 0.29) is 17.7 Å². The van der Waals surface area contributed by atoms with Gasteiger partial charge in [0.15, 0.2) is 0 Å². The zero-order chi connectivity index (χ0) is 12.3. The molecule has 0 unspecified atom stereocenters. The number of carboxylic acid groups (broad SMARTS) is 1. The molecule has 0 aliphatic rings. The first-order valence-corrected chi connectivity index (χ1v) is 5.62. The molecule has 1 aromatic carbocycles. The van der Waals surface area contributed by atoms with Gasteiger partial charge in [-0.2, -0.15) is 0 Å². The molecule has 1 N–H and O–H groups in total. The van der Waals surface area contributed by atoms with Crippen LogP contribution < -0.4 is 0 Å². The fourth-order valence-corrected chi connectivity index (χ4v) is 2.00. The number of nitro groups is 1. The number of halogens is 1. The van der Waals surface area contributed by atoms with Crippen molar-refractivity contribution >= 4 is 27.6 Å². The Morgan fingerprint density at radius 3 is 2.50 bits per heavy atom. The molecule has 16 heavy (non-hydrogen) atoms. The Bertz CT molecular complexity index is 445. The number of carbonyl (C=O) groups is 1. The number of nitrogens with zero attached hydrogens (tertiary/aromatic N) is 1. The molecule has 0 spiro atoms. The first-order chi connectivity index (χ1) is 7.45. The summed E-state index contributed by atoms with van der Waals surface area (Å²) < 4.78 is 0. The first kappa shape index (κ1) is 12.6. The third kappa shape index (κ3) is 2.79. The van der Waals surface area contributed by atoms with E-state index in [4.69, 9.17) is 5.11 Å². The molecule has 0 radical (unpaired) electrons. The fourth-order valence-electron chi connectivity index (χ4n) is 1.57. The molecule has 0 saturated heterocycles. The van der Waals surface area contributed by atoms with Crippen LogP contribution in [-0.4, -0.2) is 16.0 Å². The van der Waals surface area contributed by atoms with Crippen molar-refractivity contribution in [1.82, 2.24) is 0 Å². The van der Waals surface area contributed by atoms with Gasteiger partial charge in [0.25, 0.3) is 5.69 Å². The minimum Gasteiger partial charge on any atom is -0.481 e. The second-order valence-electron chi connectivity index (χ2n) is 3.39. The SMILES string of the molecule is Cc1cc(CBr)c([N+](=O)[O-])c(CC(=O)O)c1. The van der Waals surface area contributed by atoms with Crippen LogP contribution in [-0.2, 0) is 16.5 Å². The van der Waals surface area contributed by atoms with Crippen LogP contribution in [0.2, 0.25) is 0 Å². The van der Waals surface area contributed by atoms with E-state index in [2.05, 4.69) is 15.9 Å². The topological polar surface area (TPSA) is 80.4 Å². The predicted octanol–water partition coefficient (Wildman–Crippen LogP) is 2.43. The number of hydrogen-bond donors (Lipinski definition) is 1. The smallest absolute Gasteiger partial charge is 0.308 e. The molecule has 5 nitrogen and oxygen atoms in total. The Morgan fingerprint density at radius 1 is 1.50 bits per heavy atom. The molecule has 0 saturated carbocycles. The van der Waals surface area contributed by atoms with E-state index < -0.39 is 10.9 Å². The lowest BCUT2D eigenvalue weighted by atomic mass is 10.0. The largest absolute Gasteiger partial charge is 0.481 e. The number of benzene rings is 1. The molecule has 1 rings (SSSR count). The first-order valence-electron chi connectivity index (χ1n) is 4.50. The van der Waals surface area contributed by atoms with Crippen LogP contribution in [0.25, 0.3) is 0 Å². The van der Waals surface area contributed by atoms with Crippen LogP contribution in [0.3, 0.4) is 0 Å². The van der Waals surface area contributed by atoms with Gasteiger partial charge in [-0.3, -0.25) is 14.9 Å². The molecule has 0 amide bonds. The van der Waals surface area contributed by atoms with Gasteiger partial charge >= 0.3 is 5.97 Å². The molecule has 86 valence electrons. The molecule has 0 heterocycles. The minimum atomic E-state index is -1.07. The molecule has 0 aromatic heterocycles. The van der Waals surface area contributed by atoms with E-state index in [1.54, 1.807) is 19.1 Å². The van der Waals surface area contributed by atoms with Crippen molar-refractivity contribution in [2.24, 2.45) is 0 Å². The molecule has 0 aliphatic carbocycles. The normalized spacial score (nSPS) is 10.1. The summed E-state index contributed by atoms with van der Waals surface area (Å²) >= 11 is 3.16. The Hall–Kier alpha value is -1.43.